The fraction of sp³-hybridized carbons (Fsp3) is 0.500. The van der Waals surface area contributed by atoms with Gasteiger partial charge in [-0.2, -0.15) is 4.98 Å². The second kappa shape index (κ2) is 8.62. The third-order valence-electron chi connectivity index (χ3n) is 4.22. The van der Waals surface area contributed by atoms with E-state index in [1.807, 2.05) is 24.3 Å². The molecular weight excluding hydrogens is 322 g/mol. The van der Waals surface area contributed by atoms with Crippen LogP contribution >= 0.6 is 0 Å². The lowest BCUT2D eigenvalue weighted by molar-refractivity contribution is -0.121. The van der Waals surface area contributed by atoms with Gasteiger partial charge >= 0.3 is 0 Å². The molecule has 1 aromatic heterocycles. The van der Waals surface area contributed by atoms with E-state index < -0.39 is 0 Å². The van der Waals surface area contributed by atoms with Crippen molar-refractivity contribution < 1.29 is 18.8 Å². The molecule has 0 radical (unpaired) electrons. The molecule has 3 rings (SSSR count). The molecule has 0 aliphatic carbocycles. The summed E-state index contributed by atoms with van der Waals surface area (Å²) in [5.74, 6) is 2.38. The first-order valence-corrected chi connectivity index (χ1v) is 8.56. The molecule has 7 nitrogen and oxygen atoms in total. The summed E-state index contributed by atoms with van der Waals surface area (Å²) in [5, 5.41) is 6.94. The Morgan fingerprint density at radius 1 is 1.36 bits per heavy atom. The molecule has 2 heterocycles. The Bertz CT molecular complexity index is 678. The maximum absolute atomic E-state index is 11.8. The number of benzene rings is 1. The molecule has 7 heteroatoms. The van der Waals surface area contributed by atoms with Crippen LogP contribution in [0.3, 0.4) is 0 Å². The lowest BCUT2D eigenvalue weighted by atomic mass is 10.1. The SMILES string of the molecule is COc1ccc(-c2noc(CCCC(=O)NC[C@@H]3CCOC3)n2)cc1. The molecule has 0 unspecified atom stereocenters. The largest absolute Gasteiger partial charge is 0.497 e. The molecule has 0 bridgehead atoms. The molecule has 1 N–H and O–H groups in total. The summed E-state index contributed by atoms with van der Waals surface area (Å²) in [6.07, 6.45) is 2.74. The summed E-state index contributed by atoms with van der Waals surface area (Å²) in [4.78, 5) is 16.2. The highest BCUT2D eigenvalue weighted by atomic mass is 16.5. The molecule has 1 amide bonds. The van der Waals surface area contributed by atoms with Crippen LogP contribution in [0.2, 0.25) is 0 Å². The van der Waals surface area contributed by atoms with Gasteiger partial charge in [-0.3, -0.25) is 4.79 Å². The molecule has 1 atom stereocenters. The predicted octanol–water partition coefficient (Wildman–Crippen LogP) is 2.22. The summed E-state index contributed by atoms with van der Waals surface area (Å²) in [6, 6.07) is 7.47. The molecule has 1 saturated heterocycles. The Morgan fingerprint density at radius 2 is 2.20 bits per heavy atom. The monoisotopic (exact) mass is 345 g/mol. The molecule has 2 aromatic rings. The van der Waals surface area contributed by atoms with Crippen molar-refractivity contribution in [3.8, 4) is 17.1 Å². The van der Waals surface area contributed by atoms with Crippen molar-refractivity contribution in [2.24, 2.45) is 5.92 Å². The van der Waals surface area contributed by atoms with Gasteiger partial charge in [0.2, 0.25) is 17.6 Å². The molecule has 25 heavy (non-hydrogen) atoms. The van der Waals surface area contributed by atoms with Crippen molar-refractivity contribution in [1.29, 1.82) is 0 Å². The second-order valence-corrected chi connectivity index (χ2v) is 6.13. The van der Waals surface area contributed by atoms with Crippen LogP contribution in [0, 0.1) is 5.92 Å². The summed E-state index contributed by atoms with van der Waals surface area (Å²) in [7, 11) is 1.62. The van der Waals surface area contributed by atoms with Crippen molar-refractivity contribution in [2.45, 2.75) is 25.7 Å². The molecular formula is C18H23N3O4. The Kier molecular flexibility index (Phi) is 6.00. The first kappa shape index (κ1) is 17.4. The highest BCUT2D eigenvalue weighted by molar-refractivity contribution is 5.75. The Morgan fingerprint density at radius 3 is 2.92 bits per heavy atom. The van der Waals surface area contributed by atoms with Gasteiger partial charge in [0, 0.05) is 37.5 Å². The number of rotatable bonds is 8. The molecule has 1 aromatic carbocycles. The smallest absolute Gasteiger partial charge is 0.226 e. The topological polar surface area (TPSA) is 86.5 Å². The average Bonchev–Trinajstić information content (AvgIpc) is 3.32. The van der Waals surface area contributed by atoms with Gasteiger partial charge in [0.15, 0.2) is 0 Å². The number of nitrogens with one attached hydrogen (secondary N) is 1. The number of amides is 1. The van der Waals surface area contributed by atoms with Gasteiger partial charge in [0.05, 0.1) is 13.7 Å². The van der Waals surface area contributed by atoms with Crippen molar-refractivity contribution in [1.82, 2.24) is 15.5 Å². The maximum Gasteiger partial charge on any atom is 0.226 e. The van der Waals surface area contributed by atoms with E-state index in [2.05, 4.69) is 15.5 Å². The third-order valence-corrected chi connectivity index (χ3v) is 4.22. The number of methoxy groups -OCH3 is 1. The second-order valence-electron chi connectivity index (χ2n) is 6.13. The molecule has 1 aliphatic rings. The minimum Gasteiger partial charge on any atom is -0.497 e. The van der Waals surface area contributed by atoms with E-state index in [1.54, 1.807) is 7.11 Å². The molecule has 134 valence electrons. The van der Waals surface area contributed by atoms with E-state index in [-0.39, 0.29) is 5.91 Å². The number of aryl methyl sites for hydroxylation is 1. The number of carbonyl (C=O) groups is 1. The summed E-state index contributed by atoms with van der Waals surface area (Å²) < 4.78 is 15.7. The van der Waals surface area contributed by atoms with E-state index in [9.17, 15) is 4.79 Å². The Balaban J connectivity index is 1.41. The minimum absolute atomic E-state index is 0.0572. The average molecular weight is 345 g/mol. The number of nitrogens with zero attached hydrogens (tertiary/aromatic N) is 2. The van der Waals surface area contributed by atoms with Crippen LogP contribution in [0.25, 0.3) is 11.4 Å². The van der Waals surface area contributed by atoms with Crippen molar-refractivity contribution in [2.75, 3.05) is 26.9 Å². The lowest BCUT2D eigenvalue weighted by Gasteiger charge is -2.08. The number of aromatic nitrogens is 2. The molecule has 0 spiro atoms. The van der Waals surface area contributed by atoms with Crippen molar-refractivity contribution >= 4 is 5.91 Å². The fourth-order valence-corrected chi connectivity index (χ4v) is 2.70. The number of ether oxygens (including phenoxy) is 2. The van der Waals surface area contributed by atoms with Crippen LogP contribution in [0.5, 0.6) is 5.75 Å². The highest BCUT2D eigenvalue weighted by Gasteiger charge is 2.16. The van der Waals surface area contributed by atoms with Crippen LogP contribution in [0.15, 0.2) is 28.8 Å². The quantitative estimate of drug-likeness (QED) is 0.789. The van der Waals surface area contributed by atoms with Gasteiger partial charge in [0.25, 0.3) is 0 Å². The zero-order valence-electron chi connectivity index (χ0n) is 14.4. The first-order chi connectivity index (χ1) is 12.2. The normalized spacial score (nSPS) is 16.8. The van der Waals surface area contributed by atoms with Gasteiger partial charge < -0.3 is 19.3 Å². The maximum atomic E-state index is 11.8. The standard InChI is InChI=1S/C18H23N3O4/c1-23-15-7-5-14(6-8-15)18-20-17(25-21-18)4-2-3-16(22)19-11-13-9-10-24-12-13/h5-8,13H,2-4,9-12H2,1H3,(H,19,22)/t13-/m0/s1. The van der Waals surface area contributed by atoms with Gasteiger partial charge in [-0.05, 0) is 37.1 Å². The highest BCUT2D eigenvalue weighted by Crippen LogP contribution is 2.20. The number of hydrogen-bond donors (Lipinski definition) is 1. The van der Waals surface area contributed by atoms with Gasteiger partial charge in [0.1, 0.15) is 5.75 Å². The third kappa shape index (κ3) is 5.03. The van der Waals surface area contributed by atoms with Crippen LogP contribution in [0.4, 0.5) is 0 Å². The van der Waals surface area contributed by atoms with E-state index in [0.717, 1.165) is 30.9 Å². The van der Waals surface area contributed by atoms with E-state index in [4.69, 9.17) is 14.0 Å². The molecule has 1 aliphatic heterocycles. The van der Waals surface area contributed by atoms with Crippen LogP contribution in [0.1, 0.15) is 25.2 Å². The molecule has 1 fully saturated rings. The molecule has 0 saturated carbocycles. The number of carbonyl (C=O) groups excluding carboxylic acids is 1. The van der Waals surface area contributed by atoms with Gasteiger partial charge in [-0.25, -0.2) is 0 Å². The van der Waals surface area contributed by atoms with Crippen molar-refractivity contribution in [3.05, 3.63) is 30.2 Å². The zero-order chi connectivity index (χ0) is 17.5. The van der Waals surface area contributed by atoms with E-state index in [0.29, 0.717) is 43.4 Å². The van der Waals surface area contributed by atoms with E-state index >= 15 is 0 Å². The van der Waals surface area contributed by atoms with E-state index in [1.165, 1.54) is 0 Å². The summed E-state index contributed by atoms with van der Waals surface area (Å²) in [5.41, 5.74) is 0.868. The number of hydrogen-bond acceptors (Lipinski definition) is 6. The Labute approximate surface area is 146 Å². The van der Waals surface area contributed by atoms with Crippen LogP contribution < -0.4 is 10.1 Å². The van der Waals surface area contributed by atoms with Crippen LogP contribution in [-0.2, 0) is 16.0 Å². The summed E-state index contributed by atoms with van der Waals surface area (Å²) in [6.45, 7) is 2.24. The van der Waals surface area contributed by atoms with Gasteiger partial charge in [-0.1, -0.05) is 5.16 Å². The van der Waals surface area contributed by atoms with Gasteiger partial charge in [-0.15, -0.1) is 0 Å². The zero-order valence-corrected chi connectivity index (χ0v) is 14.4. The van der Waals surface area contributed by atoms with Crippen molar-refractivity contribution in [3.63, 3.8) is 0 Å². The fourth-order valence-electron chi connectivity index (χ4n) is 2.70. The predicted molar refractivity (Wildman–Crippen MR) is 91.2 cm³/mol. The Hall–Kier alpha value is -2.41. The summed E-state index contributed by atoms with van der Waals surface area (Å²) >= 11 is 0. The lowest BCUT2D eigenvalue weighted by Crippen LogP contribution is -2.29. The van der Waals surface area contributed by atoms with Crippen LogP contribution in [-0.4, -0.2) is 42.9 Å². The first-order valence-electron chi connectivity index (χ1n) is 8.56. The minimum atomic E-state index is 0.0572.